The van der Waals surface area contributed by atoms with Gasteiger partial charge in [0.05, 0.1) is 0 Å². The Kier molecular flexibility index (Phi) is 7.09. The van der Waals surface area contributed by atoms with Crippen molar-refractivity contribution in [1.82, 2.24) is 10.2 Å². The molecule has 1 saturated heterocycles. The maximum Gasteiger partial charge on any atom is 0.410 e. The van der Waals surface area contributed by atoms with Crippen LogP contribution in [0.1, 0.15) is 38.7 Å². The van der Waals surface area contributed by atoms with Crippen LogP contribution in [0.15, 0.2) is 30.3 Å². The van der Waals surface area contributed by atoms with Crippen LogP contribution in [0.2, 0.25) is 0 Å². The molecule has 0 aliphatic carbocycles. The van der Waals surface area contributed by atoms with E-state index in [1.165, 1.54) is 0 Å². The second kappa shape index (κ2) is 9.30. The SMILES string of the molecule is CCC(C)C(=O)NCCC1CCN(C(=O)OCc2ccccc2)C1. The van der Waals surface area contributed by atoms with Crippen LogP contribution in [0.4, 0.5) is 4.79 Å². The van der Waals surface area contributed by atoms with Gasteiger partial charge < -0.3 is 15.0 Å². The monoisotopic (exact) mass is 332 g/mol. The standard InChI is InChI=1S/C19H28N2O3/c1-3-15(2)18(22)20-11-9-16-10-12-21(13-16)19(23)24-14-17-7-5-4-6-8-17/h4-8,15-16H,3,9-14H2,1-2H3,(H,20,22). The van der Waals surface area contributed by atoms with Gasteiger partial charge in [0.1, 0.15) is 6.61 Å². The lowest BCUT2D eigenvalue weighted by atomic mass is 10.0. The van der Waals surface area contributed by atoms with Gasteiger partial charge in [-0.2, -0.15) is 0 Å². The molecule has 0 radical (unpaired) electrons. The molecule has 0 bridgehead atoms. The Morgan fingerprint density at radius 1 is 1.33 bits per heavy atom. The molecule has 1 heterocycles. The summed E-state index contributed by atoms with van der Waals surface area (Å²) < 4.78 is 5.37. The first kappa shape index (κ1) is 18.3. The first-order valence-corrected chi connectivity index (χ1v) is 8.83. The third-order valence-electron chi connectivity index (χ3n) is 4.66. The predicted molar refractivity (Wildman–Crippen MR) is 93.4 cm³/mol. The number of ether oxygens (including phenoxy) is 1. The molecule has 0 saturated carbocycles. The first-order chi connectivity index (χ1) is 11.6. The molecular weight excluding hydrogens is 304 g/mol. The van der Waals surface area contributed by atoms with E-state index in [1.807, 2.05) is 44.2 Å². The van der Waals surface area contributed by atoms with Crippen molar-refractivity contribution in [2.75, 3.05) is 19.6 Å². The number of carbonyl (C=O) groups is 2. The quantitative estimate of drug-likeness (QED) is 0.834. The van der Waals surface area contributed by atoms with Crippen molar-refractivity contribution in [3.63, 3.8) is 0 Å². The normalized spacial score (nSPS) is 18.2. The summed E-state index contributed by atoms with van der Waals surface area (Å²) in [6, 6.07) is 9.70. The van der Waals surface area contributed by atoms with Crippen LogP contribution in [0, 0.1) is 11.8 Å². The number of carbonyl (C=O) groups excluding carboxylic acids is 2. The largest absolute Gasteiger partial charge is 0.445 e. The van der Waals surface area contributed by atoms with E-state index in [4.69, 9.17) is 4.74 Å². The topological polar surface area (TPSA) is 58.6 Å². The van der Waals surface area contributed by atoms with Crippen LogP contribution in [-0.2, 0) is 16.1 Å². The van der Waals surface area contributed by atoms with E-state index in [0.29, 0.717) is 25.6 Å². The average molecular weight is 332 g/mol. The van der Waals surface area contributed by atoms with Crippen LogP contribution >= 0.6 is 0 Å². The van der Waals surface area contributed by atoms with Gasteiger partial charge in [0.15, 0.2) is 0 Å². The number of hydrogen-bond acceptors (Lipinski definition) is 3. The molecule has 1 aromatic rings. The van der Waals surface area contributed by atoms with E-state index in [0.717, 1.165) is 31.4 Å². The number of likely N-dealkylation sites (tertiary alicyclic amines) is 1. The van der Waals surface area contributed by atoms with Crippen LogP contribution in [-0.4, -0.2) is 36.5 Å². The Morgan fingerprint density at radius 3 is 2.79 bits per heavy atom. The maximum atomic E-state index is 12.1. The molecule has 2 unspecified atom stereocenters. The van der Waals surface area contributed by atoms with E-state index in [-0.39, 0.29) is 17.9 Å². The van der Waals surface area contributed by atoms with E-state index in [1.54, 1.807) is 4.90 Å². The Bertz CT molecular complexity index is 533. The molecule has 24 heavy (non-hydrogen) atoms. The summed E-state index contributed by atoms with van der Waals surface area (Å²) in [6.45, 7) is 6.40. The van der Waals surface area contributed by atoms with Crippen LogP contribution < -0.4 is 5.32 Å². The highest BCUT2D eigenvalue weighted by molar-refractivity contribution is 5.78. The van der Waals surface area contributed by atoms with Crippen molar-refractivity contribution in [2.24, 2.45) is 11.8 Å². The Hall–Kier alpha value is -2.04. The van der Waals surface area contributed by atoms with E-state index in [2.05, 4.69) is 5.32 Å². The third kappa shape index (κ3) is 5.55. The minimum atomic E-state index is -0.245. The van der Waals surface area contributed by atoms with Crippen molar-refractivity contribution in [3.05, 3.63) is 35.9 Å². The summed E-state index contributed by atoms with van der Waals surface area (Å²) in [5.41, 5.74) is 0.995. The Labute approximate surface area is 144 Å². The average Bonchev–Trinajstić information content (AvgIpc) is 3.08. The highest BCUT2D eigenvalue weighted by Gasteiger charge is 2.27. The summed E-state index contributed by atoms with van der Waals surface area (Å²) in [6.07, 6.45) is 2.49. The van der Waals surface area contributed by atoms with Crippen LogP contribution in [0.3, 0.4) is 0 Å². The highest BCUT2D eigenvalue weighted by Crippen LogP contribution is 2.20. The molecule has 0 spiro atoms. The van der Waals surface area contributed by atoms with Gasteiger partial charge in [-0.05, 0) is 30.7 Å². The summed E-state index contributed by atoms with van der Waals surface area (Å²) >= 11 is 0. The number of nitrogens with one attached hydrogen (secondary N) is 1. The van der Waals surface area contributed by atoms with Gasteiger partial charge in [0.25, 0.3) is 0 Å². The molecule has 2 atom stereocenters. The number of hydrogen-bond donors (Lipinski definition) is 1. The summed E-state index contributed by atoms with van der Waals surface area (Å²) in [7, 11) is 0. The molecule has 1 N–H and O–H groups in total. The zero-order valence-corrected chi connectivity index (χ0v) is 14.7. The lowest BCUT2D eigenvalue weighted by Crippen LogP contribution is -2.32. The lowest BCUT2D eigenvalue weighted by Gasteiger charge is -2.17. The second-order valence-electron chi connectivity index (χ2n) is 6.53. The minimum Gasteiger partial charge on any atom is -0.445 e. The van der Waals surface area contributed by atoms with Crippen LogP contribution in [0.5, 0.6) is 0 Å². The Balaban J connectivity index is 1.65. The fourth-order valence-corrected chi connectivity index (χ4v) is 2.80. The first-order valence-electron chi connectivity index (χ1n) is 8.83. The smallest absolute Gasteiger partial charge is 0.410 e. The second-order valence-corrected chi connectivity index (χ2v) is 6.53. The highest BCUT2D eigenvalue weighted by atomic mass is 16.6. The zero-order chi connectivity index (χ0) is 17.4. The minimum absolute atomic E-state index is 0.0676. The molecule has 2 amide bonds. The van der Waals surface area contributed by atoms with Crippen molar-refractivity contribution in [2.45, 2.75) is 39.7 Å². The molecule has 5 heteroatoms. The fourth-order valence-electron chi connectivity index (χ4n) is 2.80. The Morgan fingerprint density at radius 2 is 2.08 bits per heavy atom. The molecule has 5 nitrogen and oxygen atoms in total. The van der Waals surface area contributed by atoms with Gasteiger partial charge in [0.2, 0.25) is 5.91 Å². The van der Waals surface area contributed by atoms with Gasteiger partial charge in [-0.1, -0.05) is 44.2 Å². The van der Waals surface area contributed by atoms with Gasteiger partial charge in [-0.3, -0.25) is 4.79 Å². The zero-order valence-electron chi connectivity index (χ0n) is 14.7. The molecule has 132 valence electrons. The summed E-state index contributed by atoms with van der Waals surface area (Å²) in [5.74, 6) is 0.624. The number of nitrogens with zero attached hydrogens (tertiary/aromatic N) is 1. The van der Waals surface area contributed by atoms with Crippen molar-refractivity contribution >= 4 is 12.0 Å². The molecule has 2 rings (SSSR count). The molecule has 1 fully saturated rings. The van der Waals surface area contributed by atoms with E-state index < -0.39 is 0 Å². The van der Waals surface area contributed by atoms with Crippen molar-refractivity contribution in [3.8, 4) is 0 Å². The van der Waals surface area contributed by atoms with E-state index >= 15 is 0 Å². The van der Waals surface area contributed by atoms with Crippen molar-refractivity contribution < 1.29 is 14.3 Å². The number of rotatable bonds is 7. The molecule has 1 aliphatic rings. The molecular formula is C19H28N2O3. The molecule has 1 aromatic carbocycles. The van der Waals surface area contributed by atoms with Crippen LogP contribution in [0.25, 0.3) is 0 Å². The predicted octanol–water partition coefficient (Wildman–Crippen LogP) is 3.20. The molecule has 1 aliphatic heterocycles. The molecule has 0 aromatic heterocycles. The maximum absolute atomic E-state index is 12.1. The lowest BCUT2D eigenvalue weighted by molar-refractivity contribution is -0.124. The number of amides is 2. The van der Waals surface area contributed by atoms with Gasteiger partial charge in [-0.25, -0.2) is 4.79 Å². The number of benzene rings is 1. The summed E-state index contributed by atoms with van der Waals surface area (Å²) in [5, 5.41) is 2.98. The third-order valence-corrected chi connectivity index (χ3v) is 4.66. The van der Waals surface area contributed by atoms with Crippen molar-refractivity contribution in [1.29, 1.82) is 0 Å². The van der Waals surface area contributed by atoms with E-state index in [9.17, 15) is 9.59 Å². The van der Waals surface area contributed by atoms with Gasteiger partial charge >= 0.3 is 6.09 Å². The fraction of sp³-hybridized carbons (Fsp3) is 0.579. The van der Waals surface area contributed by atoms with Gasteiger partial charge in [0, 0.05) is 25.6 Å². The summed E-state index contributed by atoms with van der Waals surface area (Å²) in [4.78, 5) is 25.6. The van der Waals surface area contributed by atoms with Gasteiger partial charge in [-0.15, -0.1) is 0 Å².